The zero-order valence-corrected chi connectivity index (χ0v) is 8.85. The van der Waals surface area contributed by atoms with Crippen LogP contribution in [0.25, 0.3) is 0 Å². The van der Waals surface area contributed by atoms with Crippen molar-refractivity contribution in [2.45, 2.75) is 18.8 Å². The van der Waals surface area contributed by atoms with Gasteiger partial charge in [-0.2, -0.15) is 0 Å². The number of piperidine rings is 1. The molecule has 1 unspecified atom stereocenters. The number of carbonyl (C=O) groups is 1. The molecule has 0 saturated carbocycles. The maximum atomic E-state index is 13.1. The Hall–Kier alpha value is -1.09. The molecule has 0 radical (unpaired) electrons. The summed E-state index contributed by atoms with van der Waals surface area (Å²) in [6, 6.07) is 4.46. The van der Waals surface area contributed by atoms with E-state index in [2.05, 4.69) is 5.32 Å². The molecule has 0 aliphatic carbocycles. The molecule has 2 rings (SSSR count). The van der Waals surface area contributed by atoms with Crippen molar-refractivity contribution in [3.8, 4) is 0 Å². The summed E-state index contributed by atoms with van der Waals surface area (Å²) >= 11 is 5.77. The summed E-state index contributed by atoms with van der Waals surface area (Å²) in [5.41, 5.74) is 0.815. The zero-order chi connectivity index (χ0) is 10.8. The van der Waals surface area contributed by atoms with E-state index in [9.17, 15) is 9.18 Å². The van der Waals surface area contributed by atoms with Gasteiger partial charge in [0, 0.05) is 18.0 Å². The molecule has 1 aliphatic heterocycles. The van der Waals surface area contributed by atoms with Crippen molar-refractivity contribution < 1.29 is 9.18 Å². The van der Waals surface area contributed by atoms with Gasteiger partial charge in [-0.05, 0) is 36.1 Å². The first-order chi connectivity index (χ1) is 7.15. The van der Waals surface area contributed by atoms with Crippen LogP contribution in [-0.4, -0.2) is 12.5 Å². The number of nitrogens with one attached hydrogen (secondary N) is 1. The van der Waals surface area contributed by atoms with Crippen LogP contribution in [0.4, 0.5) is 4.39 Å². The van der Waals surface area contributed by atoms with Crippen molar-refractivity contribution in [2.75, 3.05) is 6.54 Å². The Kier molecular flexibility index (Phi) is 2.91. The highest BCUT2D eigenvalue weighted by Gasteiger charge is 2.21. The van der Waals surface area contributed by atoms with Crippen molar-refractivity contribution in [1.82, 2.24) is 5.32 Å². The second-order valence-electron chi connectivity index (χ2n) is 3.74. The van der Waals surface area contributed by atoms with Crippen LogP contribution in [0.15, 0.2) is 18.2 Å². The van der Waals surface area contributed by atoms with E-state index >= 15 is 0 Å². The second-order valence-corrected chi connectivity index (χ2v) is 4.18. The Bertz CT molecular complexity index is 374. The Labute approximate surface area is 92.4 Å². The van der Waals surface area contributed by atoms with E-state index in [4.69, 9.17) is 11.6 Å². The Balaban J connectivity index is 2.24. The van der Waals surface area contributed by atoms with Gasteiger partial charge in [0.1, 0.15) is 5.82 Å². The third kappa shape index (κ3) is 2.48. The fourth-order valence-corrected chi connectivity index (χ4v) is 2.11. The van der Waals surface area contributed by atoms with Gasteiger partial charge >= 0.3 is 0 Å². The van der Waals surface area contributed by atoms with Crippen LogP contribution in [0.5, 0.6) is 0 Å². The minimum absolute atomic E-state index is 0.0200. The van der Waals surface area contributed by atoms with E-state index < -0.39 is 0 Å². The molecular formula is C11H11ClFNO. The average molecular weight is 228 g/mol. The molecular weight excluding hydrogens is 217 g/mol. The average Bonchev–Trinajstić information content (AvgIpc) is 2.16. The first kappa shape index (κ1) is 10.4. The molecule has 1 fully saturated rings. The minimum Gasteiger partial charge on any atom is -0.356 e. The van der Waals surface area contributed by atoms with Crippen LogP contribution in [0, 0.1) is 5.82 Å². The standard InChI is InChI=1S/C11H11ClFNO/c12-9-3-8(4-10(13)6-9)7-1-2-14-11(15)5-7/h3-4,6-7H,1-2,5H2,(H,14,15). The van der Waals surface area contributed by atoms with Crippen molar-refractivity contribution >= 4 is 17.5 Å². The molecule has 4 heteroatoms. The molecule has 1 amide bonds. The third-order valence-electron chi connectivity index (χ3n) is 2.60. The Morgan fingerprint density at radius 3 is 2.87 bits per heavy atom. The Morgan fingerprint density at radius 1 is 1.40 bits per heavy atom. The Morgan fingerprint density at radius 2 is 2.20 bits per heavy atom. The maximum Gasteiger partial charge on any atom is 0.220 e. The van der Waals surface area contributed by atoms with Gasteiger partial charge in [-0.25, -0.2) is 4.39 Å². The molecule has 0 bridgehead atoms. The number of rotatable bonds is 1. The lowest BCUT2D eigenvalue weighted by Crippen LogP contribution is -2.32. The summed E-state index contributed by atoms with van der Waals surface area (Å²) in [5, 5.41) is 3.13. The van der Waals surface area contributed by atoms with Crippen LogP contribution in [0.2, 0.25) is 5.02 Å². The molecule has 1 saturated heterocycles. The minimum atomic E-state index is -0.344. The lowest BCUT2D eigenvalue weighted by molar-refractivity contribution is -0.122. The molecule has 15 heavy (non-hydrogen) atoms. The van der Waals surface area contributed by atoms with Gasteiger partial charge in [0.25, 0.3) is 0 Å². The molecule has 1 heterocycles. The lowest BCUT2D eigenvalue weighted by atomic mass is 9.90. The zero-order valence-electron chi connectivity index (χ0n) is 8.09. The van der Waals surface area contributed by atoms with Gasteiger partial charge < -0.3 is 5.32 Å². The van der Waals surface area contributed by atoms with Gasteiger partial charge in [0.05, 0.1) is 0 Å². The number of halogens is 2. The number of benzene rings is 1. The fourth-order valence-electron chi connectivity index (χ4n) is 1.88. The first-order valence-electron chi connectivity index (χ1n) is 4.88. The smallest absolute Gasteiger partial charge is 0.220 e. The van der Waals surface area contributed by atoms with Crippen LogP contribution in [0.3, 0.4) is 0 Å². The molecule has 1 aliphatic rings. The third-order valence-corrected chi connectivity index (χ3v) is 2.82. The summed E-state index contributed by atoms with van der Waals surface area (Å²) in [7, 11) is 0. The van der Waals surface area contributed by atoms with Crippen LogP contribution in [-0.2, 0) is 4.79 Å². The van der Waals surface area contributed by atoms with E-state index in [0.29, 0.717) is 18.0 Å². The van der Waals surface area contributed by atoms with Gasteiger partial charge in [0.2, 0.25) is 5.91 Å². The van der Waals surface area contributed by atoms with Crippen molar-refractivity contribution in [1.29, 1.82) is 0 Å². The van der Waals surface area contributed by atoms with E-state index in [-0.39, 0.29) is 17.6 Å². The SMILES string of the molecule is O=C1CC(c2cc(F)cc(Cl)c2)CCN1. The summed E-state index contributed by atoms with van der Waals surface area (Å²) in [6.07, 6.45) is 1.26. The topological polar surface area (TPSA) is 29.1 Å². The molecule has 80 valence electrons. The highest BCUT2D eigenvalue weighted by atomic mass is 35.5. The molecule has 0 aromatic heterocycles. The molecule has 1 aromatic carbocycles. The van der Waals surface area contributed by atoms with Gasteiger partial charge in [-0.15, -0.1) is 0 Å². The van der Waals surface area contributed by atoms with E-state index in [1.807, 2.05) is 0 Å². The highest BCUT2D eigenvalue weighted by Crippen LogP contribution is 2.28. The number of amides is 1. The predicted octanol–water partition coefficient (Wildman–Crippen LogP) is 2.47. The fraction of sp³-hybridized carbons (Fsp3) is 0.364. The summed E-state index contributed by atoms with van der Waals surface area (Å²) in [5.74, 6) is -0.234. The number of hydrogen-bond donors (Lipinski definition) is 1. The number of carbonyl (C=O) groups excluding carboxylic acids is 1. The molecule has 1 N–H and O–H groups in total. The predicted molar refractivity (Wildman–Crippen MR) is 56.4 cm³/mol. The molecule has 1 atom stereocenters. The normalized spacial score (nSPS) is 21.2. The highest BCUT2D eigenvalue weighted by molar-refractivity contribution is 6.30. The van der Waals surface area contributed by atoms with Crippen LogP contribution >= 0.6 is 11.6 Å². The monoisotopic (exact) mass is 227 g/mol. The summed E-state index contributed by atoms with van der Waals surface area (Å²) in [6.45, 7) is 0.650. The van der Waals surface area contributed by atoms with Crippen LogP contribution in [0.1, 0.15) is 24.3 Å². The van der Waals surface area contributed by atoms with E-state index in [0.717, 1.165) is 12.0 Å². The largest absolute Gasteiger partial charge is 0.356 e. The molecule has 0 spiro atoms. The summed E-state index contributed by atoms with van der Waals surface area (Å²) in [4.78, 5) is 11.2. The summed E-state index contributed by atoms with van der Waals surface area (Å²) < 4.78 is 13.1. The van der Waals surface area contributed by atoms with Gasteiger partial charge in [-0.1, -0.05) is 11.6 Å². The maximum absolute atomic E-state index is 13.1. The van der Waals surface area contributed by atoms with Crippen molar-refractivity contribution in [3.05, 3.63) is 34.6 Å². The van der Waals surface area contributed by atoms with Crippen molar-refractivity contribution in [3.63, 3.8) is 0 Å². The quantitative estimate of drug-likeness (QED) is 0.785. The van der Waals surface area contributed by atoms with Crippen molar-refractivity contribution in [2.24, 2.45) is 0 Å². The van der Waals surface area contributed by atoms with Crippen LogP contribution < -0.4 is 5.32 Å². The number of hydrogen-bond acceptors (Lipinski definition) is 1. The van der Waals surface area contributed by atoms with Gasteiger partial charge in [-0.3, -0.25) is 4.79 Å². The second kappa shape index (κ2) is 4.19. The lowest BCUT2D eigenvalue weighted by Gasteiger charge is -2.22. The van der Waals surface area contributed by atoms with E-state index in [1.165, 1.54) is 12.1 Å². The first-order valence-corrected chi connectivity index (χ1v) is 5.25. The molecule has 1 aromatic rings. The van der Waals surface area contributed by atoms with Gasteiger partial charge in [0.15, 0.2) is 0 Å². The molecule has 2 nitrogen and oxygen atoms in total. The van der Waals surface area contributed by atoms with E-state index in [1.54, 1.807) is 6.07 Å².